The first kappa shape index (κ1) is 16.5. The molecule has 0 radical (unpaired) electrons. The van der Waals surface area contributed by atoms with Gasteiger partial charge in [0.05, 0.1) is 25.2 Å². The number of carbonyl (C=O) groups excluding carboxylic acids is 2. The van der Waals surface area contributed by atoms with Crippen molar-refractivity contribution in [3.05, 3.63) is 24.3 Å². The summed E-state index contributed by atoms with van der Waals surface area (Å²) in [6.45, 7) is 10.5. The van der Waals surface area contributed by atoms with Gasteiger partial charge in [0.1, 0.15) is 17.8 Å². The Morgan fingerprint density at radius 1 is 1.31 bits per heavy atom. The van der Waals surface area contributed by atoms with Crippen molar-refractivity contribution in [2.24, 2.45) is 17.8 Å². The van der Waals surface area contributed by atoms with Crippen molar-refractivity contribution in [1.29, 1.82) is 0 Å². The molecule has 7 heteroatoms. The molecule has 2 aliphatic carbocycles. The van der Waals surface area contributed by atoms with E-state index in [1.54, 1.807) is 6.92 Å². The van der Waals surface area contributed by atoms with Crippen LogP contribution in [0.15, 0.2) is 24.3 Å². The van der Waals surface area contributed by atoms with E-state index in [2.05, 4.69) is 13.2 Å². The quantitative estimate of drug-likeness (QED) is 0.331. The van der Waals surface area contributed by atoms with E-state index in [1.165, 1.54) is 0 Å². The molecule has 5 rings (SSSR count). The molecule has 5 aliphatic rings. The van der Waals surface area contributed by atoms with E-state index in [9.17, 15) is 14.7 Å². The number of hydrogen-bond acceptors (Lipinski definition) is 7. The Morgan fingerprint density at radius 3 is 2.62 bits per heavy atom. The van der Waals surface area contributed by atoms with E-state index >= 15 is 0 Å². The molecule has 1 N–H and O–H groups in total. The third-order valence-electron chi connectivity index (χ3n) is 6.79. The van der Waals surface area contributed by atoms with Crippen LogP contribution in [0.2, 0.25) is 0 Å². The molecule has 3 heterocycles. The van der Waals surface area contributed by atoms with Crippen LogP contribution in [0, 0.1) is 17.8 Å². The highest BCUT2D eigenvalue weighted by atomic mass is 16.6. The second-order valence-corrected chi connectivity index (χ2v) is 8.37. The Kier molecular flexibility index (Phi) is 3.15. The van der Waals surface area contributed by atoms with Crippen molar-refractivity contribution in [3.63, 3.8) is 0 Å². The molecule has 0 aromatic carbocycles. The molecule has 0 aromatic rings. The van der Waals surface area contributed by atoms with Crippen molar-refractivity contribution in [1.82, 2.24) is 0 Å². The Balaban J connectivity index is 1.51. The zero-order valence-electron chi connectivity index (χ0n) is 14.6. The minimum Gasteiger partial charge on any atom is -0.459 e. The smallest absolute Gasteiger partial charge is 0.340 e. The molecular formula is C19H22O7. The fraction of sp³-hybridized carbons (Fsp3) is 0.684. The predicted octanol–water partition coefficient (Wildman–Crippen LogP) is 0.511. The van der Waals surface area contributed by atoms with Crippen LogP contribution in [0.1, 0.15) is 19.8 Å². The number of rotatable bonds is 2. The Morgan fingerprint density at radius 2 is 2.00 bits per heavy atom. The van der Waals surface area contributed by atoms with Gasteiger partial charge in [0, 0.05) is 17.9 Å². The highest BCUT2D eigenvalue weighted by Gasteiger charge is 2.71. The van der Waals surface area contributed by atoms with Gasteiger partial charge in [-0.3, -0.25) is 0 Å². The number of aliphatic hydroxyl groups excluding tert-OH is 1. The molecule has 140 valence electrons. The molecule has 0 bridgehead atoms. The van der Waals surface area contributed by atoms with Crippen LogP contribution in [0.5, 0.6) is 0 Å². The molecule has 2 saturated carbocycles. The summed E-state index contributed by atoms with van der Waals surface area (Å²) in [6, 6.07) is 0. The van der Waals surface area contributed by atoms with Gasteiger partial charge in [0.25, 0.3) is 0 Å². The van der Waals surface area contributed by atoms with Gasteiger partial charge in [-0.2, -0.15) is 0 Å². The standard InChI is InChI=1S/C19H22O7/c1-8-4-11(25-17(22)18(3)6-23-18)13-9(2)16(21)26-15(13)14-10(8)5-12(20)19(14)7-24-19/h10-15,20H,1-2,4-7H2,3H3/t10-,11-,12-,13-,14-,15-,18-,19+/m0/s1. The van der Waals surface area contributed by atoms with Gasteiger partial charge in [-0.05, 0) is 19.3 Å². The summed E-state index contributed by atoms with van der Waals surface area (Å²) < 4.78 is 22.3. The number of aliphatic hydroxyl groups is 1. The molecule has 7 nitrogen and oxygen atoms in total. The maximum Gasteiger partial charge on any atom is 0.340 e. The van der Waals surface area contributed by atoms with Crippen molar-refractivity contribution >= 4 is 11.9 Å². The summed E-state index contributed by atoms with van der Waals surface area (Å²) in [5.41, 5.74) is -0.396. The molecule has 3 saturated heterocycles. The first-order valence-electron chi connectivity index (χ1n) is 9.01. The predicted molar refractivity (Wildman–Crippen MR) is 86.8 cm³/mol. The normalized spacial score (nSPS) is 51.5. The molecule has 1 spiro atoms. The lowest BCUT2D eigenvalue weighted by atomic mass is 9.78. The minimum atomic E-state index is -0.902. The van der Waals surface area contributed by atoms with Gasteiger partial charge < -0.3 is 24.1 Å². The van der Waals surface area contributed by atoms with Crippen molar-refractivity contribution in [2.75, 3.05) is 13.2 Å². The van der Waals surface area contributed by atoms with Crippen molar-refractivity contribution < 1.29 is 33.6 Å². The average molecular weight is 362 g/mol. The van der Waals surface area contributed by atoms with Crippen LogP contribution in [-0.4, -0.2) is 59.8 Å². The Bertz CT molecular complexity index is 732. The molecule has 0 unspecified atom stereocenters. The molecule has 5 fully saturated rings. The summed E-state index contributed by atoms with van der Waals surface area (Å²) in [5.74, 6) is -1.62. The fourth-order valence-electron chi connectivity index (χ4n) is 5.02. The van der Waals surface area contributed by atoms with E-state index < -0.39 is 47.4 Å². The van der Waals surface area contributed by atoms with E-state index in [-0.39, 0.29) is 11.8 Å². The number of hydrogen-bond donors (Lipinski definition) is 1. The van der Waals surface area contributed by atoms with Crippen LogP contribution in [0.3, 0.4) is 0 Å². The van der Waals surface area contributed by atoms with Crippen LogP contribution >= 0.6 is 0 Å². The highest BCUT2D eigenvalue weighted by Crippen LogP contribution is 2.60. The minimum absolute atomic E-state index is 0.0461. The van der Waals surface area contributed by atoms with E-state index in [1.807, 2.05) is 0 Å². The van der Waals surface area contributed by atoms with Gasteiger partial charge >= 0.3 is 11.9 Å². The second-order valence-electron chi connectivity index (χ2n) is 8.37. The number of epoxide rings is 2. The monoisotopic (exact) mass is 362 g/mol. The third-order valence-corrected chi connectivity index (χ3v) is 6.79. The van der Waals surface area contributed by atoms with Crippen molar-refractivity contribution in [3.8, 4) is 0 Å². The maximum absolute atomic E-state index is 12.4. The average Bonchev–Trinajstić information content (AvgIpc) is 3.47. The molecule has 8 atom stereocenters. The molecule has 3 aliphatic heterocycles. The summed E-state index contributed by atoms with van der Waals surface area (Å²) in [4.78, 5) is 24.7. The van der Waals surface area contributed by atoms with Gasteiger partial charge in [0.2, 0.25) is 0 Å². The first-order valence-corrected chi connectivity index (χ1v) is 9.01. The lowest BCUT2D eigenvalue weighted by Gasteiger charge is -2.30. The third kappa shape index (κ3) is 2.05. The van der Waals surface area contributed by atoms with Crippen LogP contribution in [-0.2, 0) is 28.5 Å². The number of ether oxygens (including phenoxy) is 4. The summed E-state index contributed by atoms with van der Waals surface area (Å²) >= 11 is 0. The van der Waals surface area contributed by atoms with Gasteiger partial charge in [-0.25, -0.2) is 9.59 Å². The molecular weight excluding hydrogens is 340 g/mol. The van der Waals surface area contributed by atoms with E-state index in [0.717, 1.165) is 5.57 Å². The largest absolute Gasteiger partial charge is 0.459 e. The van der Waals surface area contributed by atoms with Crippen LogP contribution in [0.4, 0.5) is 0 Å². The highest BCUT2D eigenvalue weighted by molar-refractivity contribution is 5.91. The molecule has 0 aromatic heterocycles. The van der Waals surface area contributed by atoms with Crippen LogP contribution in [0.25, 0.3) is 0 Å². The Hall–Kier alpha value is -1.70. The summed E-state index contributed by atoms with van der Waals surface area (Å²) in [6.07, 6.45) is -0.815. The first-order chi connectivity index (χ1) is 12.3. The van der Waals surface area contributed by atoms with Crippen LogP contribution < -0.4 is 0 Å². The SMILES string of the molecule is C=C1C(=O)O[C@H]2[C@@H]1[C@@H](OC(=O)[C@]1(C)CO1)CC(=C)[C@@H]1C[C@H](O)[C@]3(CO3)[C@H]21. The molecule has 26 heavy (non-hydrogen) atoms. The second kappa shape index (κ2) is 4.97. The summed E-state index contributed by atoms with van der Waals surface area (Å²) in [7, 11) is 0. The number of carbonyl (C=O) groups is 2. The number of fused-ring (bicyclic) bond motifs is 4. The fourth-order valence-corrected chi connectivity index (χ4v) is 5.02. The topological polar surface area (TPSA) is 97.9 Å². The van der Waals surface area contributed by atoms with Gasteiger partial charge in [0.15, 0.2) is 5.60 Å². The van der Waals surface area contributed by atoms with E-state index in [0.29, 0.717) is 31.6 Å². The van der Waals surface area contributed by atoms with Crippen molar-refractivity contribution in [2.45, 2.75) is 49.3 Å². The lowest BCUT2D eigenvalue weighted by molar-refractivity contribution is -0.158. The summed E-state index contributed by atoms with van der Waals surface area (Å²) in [5, 5.41) is 10.5. The van der Waals surface area contributed by atoms with Gasteiger partial charge in [-0.15, -0.1) is 0 Å². The van der Waals surface area contributed by atoms with Gasteiger partial charge in [-0.1, -0.05) is 18.7 Å². The lowest BCUT2D eigenvalue weighted by Crippen LogP contribution is -2.43. The van der Waals surface area contributed by atoms with E-state index in [4.69, 9.17) is 18.9 Å². The maximum atomic E-state index is 12.4. The zero-order valence-corrected chi connectivity index (χ0v) is 14.6. The Labute approximate surface area is 150 Å². The number of esters is 2. The molecule has 0 amide bonds. The zero-order chi connectivity index (χ0) is 18.4.